The topological polar surface area (TPSA) is 61.8 Å². The fraction of sp³-hybridized carbons (Fsp3) is 0.167. The predicted octanol–water partition coefficient (Wildman–Crippen LogP) is 4.15. The SMILES string of the molecule is O=C(NN=Cc1c(Cl)cccc1Cl)C1CC(=O)N(c2ccc(Cl)cc2)C1. The van der Waals surface area contributed by atoms with Gasteiger partial charge < -0.3 is 4.90 Å². The molecular weight excluding hydrogens is 397 g/mol. The molecule has 1 N–H and O–H groups in total. The summed E-state index contributed by atoms with van der Waals surface area (Å²) in [6.07, 6.45) is 1.51. The van der Waals surface area contributed by atoms with Gasteiger partial charge in [0.15, 0.2) is 0 Å². The number of nitrogens with zero attached hydrogens (tertiary/aromatic N) is 2. The average molecular weight is 411 g/mol. The van der Waals surface area contributed by atoms with E-state index in [2.05, 4.69) is 10.5 Å². The molecular formula is C18H14Cl3N3O2. The molecule has 1 unspecified atom stereocenters. The average Bonchev–Trinajstić information content (AvgIpc) is 3.00. The second kappa shape index (κ2) is 8.08. The van der Waals surface area contributed by atoms with Crippen LogP contribution in [0, 0.1) is 5.92 Å². The molecule has 2 amide bonds. The zero-order chi connectivity index (χ0) is 18.7. The van der Waals surface area contributed by atoms with Gasteiger partial charge >= 0.3 is 0 Å². The van der Waals surface area contributed by atoms with E-state index in [-0.39, 0.29) is 24.8 Å². The number of nitrogens with one attached hydrogen (secondary N) is 1. The monoisotopic (exact) mass is 409 g/mol. The van der Waals surface area contributed by atoms with E-state index >= 15 is 0 Å². The van der Waals surface area contributed by atoms with E-state index in [0.29, 0.717) is 26.3 Å². The van der Waals surface area contributed by atoms with Gasteiger partial charge in [0.05, 0.1) is 22.2 Å². The zero-order valence-corrected chi connectivity index (χ0v) is 15.7. The minimum Gasteiger partial charge on any atom is -0.312 e. The second-order valence-corrected chi connectivity index (χ2v) is 7.00. The van der Waals surface area contributed by atoms with Crippen LogP contribution in [0.4, 0.5) is 5.69 Å². The third-order valence-electron chi connectivity index (χ3n) is 4.00. The molecule has 1 fully saturated rings. The van der Waals surface area contributed by atoms with Gasteiger partial charge in [-0.3, -0.25) is 9.59 Å². The fourth-order valence-corrected chi connectivity index (χ4v) is 3.26. The molecule has 2 aromatic carbocycles. The molecule has 0 radical (unpaired) electrons. The molecule has 0 saturated carbocycles. The Hall–Kier alpha value is -2.08. The number of amides is 2. The number of benzene rings is 2. The van der Waals surface area contributed by atoms with Crippen LogP contribution in [0.3, 0.4) is 0 Å². The maximum Gasteiger partial charge on any atom is 0.245 e. The van der Waals surface area contributed by atoms with Crippen molar-refractivity contribution in [3.63, 3.8) is 0 Å². The summed E-state index contributed by atoms with van der Waals surface area (Å²) in [5.41, 5.74) is 3.67. The molecule has 1 aliphatic heterocycles. The van der Waals surface area contributed by atoms with Crippen molar-refractivity contribution in [2.45, 2.75) is 6.42 Å². The van der Waals surface area contributed by atoms with Crippen molar-refractivity contribution in [1.29, 1.82) is 0 Å². The summed E-state index contributed by atoms with van der Waals surface area (Å²) < 4.78 is 0. The third-order valence-corrected chi connectivity index (χ3v) is 4.91. The Morgan fingerprint density at radius 1 is 1.12 bits per heavy atom. The van der Waals surface area contributed by atoms with Crippen molar-refractivity contribution in [2.75, 3.05) is 11.4 Å². The van der Waals surface area contributed by atoms with Gasteiger partial charge in [-0.2, -0.15) is 5.10 Å². The highest BCUT2D eigenvalue weighted by Crippen LogP contribution is 2.26. The zero-order valence-electron chi connectivity index (χ0n) is 13.5. The van der Waals surface area contributed by atoms with Gasteiger partial charge in [0, 0.05) is 29.2 Å². The van der Waals surface area contributed by atoms with Crippen molar-refractivity contribution in [3.05, 3.63) is 63.1 Å². The lowest BCUT2D eigenvalue weighted by Gasteiger charge is -2.16. The number of hydrogen-bond donors (Lipinski definition) is 1. The van der Waals surface area contributed by atoms with Crippen LogP contribution in [0.25, 0.3) is 0 Å². The minimum absolute atomic E-state index is 0.120. The molecule has 5 nitrogen and oxygen atoms in total. The highest BCUT2D eigenvalue weighted by atomic mass is 35.5. The highest BCUT2D eigenvalue weighted by Gasteiger charge is 2.35. The smallest absolute Gasteiger partial charge is 0.245 e. The second-order valence-electron chi connectivity index (χ2n) is 5.75. The molecule has 0 aromatic heterocycles. The molecule has 1 heterocycles. The van der Waals surface area contributed by atoms with Crippen LogP contribution in [-0.2, 0) is 9.59 Å². The Morgan fingerprint density at radius 2 is 1.77 bits per heavy atom. The summed E-state index contributed by atoms with van der Waals surface area (Å²) in [6.45, 7) is 0.286. The van der Waals surface area contributed by atoms with E-state index in [1.165, 1.54) is 6.21 Å². The first kappa shape index (κ1) is 18.7. The van der Waals surface area contributed by atoms with Crippen molar-refractivity contribution in [1.82, 2.24) is 5.43 Å². The van der Waals surface area contributed by atoms with Gasteiger partial charge in [-0.05, 0) is 36.4 Å². The molecule has 1 aliphatic rings. The standard InChI is InChI=1S/C18H14Cl3N3O2/c19-12-4-6-13(7-5-12)24-10-11(8-17(24)25)18(26)23-22-9-14-15(20)2-1-3-16(14)21/h1-7,9,11H,8,10H2,(H,23,26). The molecule has 0 aliphatic carbocycles. The number of hydrazone groups is 1. The van der Waals surface area contributed by atoms with Crippen molar-refractivity contribution < 1.29 is 9.59 Å². The van der Waals surface area contributed by atoms with E-state index < -0.39 is 5.92 Å². The van der Waals surface area contributed by atoms with E-state index in [0.717, 1.165) is 0 Å². The maximum absolute atomic E-state index is 12.3. The Labute approximate surface area is 165 Å². The molecule has 8 heteroatoms. The Kier molecular flexibility index (Phi) is 5.81. The summed E-state index contributed by atoms with van der Waals surface area (Å²) in [4.78, 5) is 26.1. The number of carbonyl (C=O) groups excluding carboxylic acids is 2. The molecule has 3 rings (SSSR count). The lowest BCUT2D eigenvalue weighted by atomic mass is 10.1. The number of halogens is 3. The van der Waals surface area contributed by atoms with Crippen LogP contribution in [0.2, 0.25) is 15.1 Å². The van der Waals surface area contributed by atoms with Gasteiger partial charge in [0.25, 0.3) is 0 Å². The number of anilines is 1. The number of rotatable bonds is 4. The van der Waals surface area contributed by atoms with E-state index in [1.54, 1.807) is 47.4 Å². The highest BCUT2D eigenvalue weighted by molar-refractivity contribution is 6.38. The summed E-state index contributed by atoms with van der Waals surface area (Å²) in [5.74, 6) is -0.947. The van der Waals surface area contributed by atoms with Gasteiger partial charge in [-0.25, -0.2) is 5.43 Å². The quantitative estimate of drug-likeness (QED) is 0.608. The lowest BCUT2D eigenvalue weighted by molar-refractivity contribution is -0.126. The van der Waals surface area contributed by atoms with E-state index in [1.807, 2.05) is 0 Å². The normalized spacial score (nSPS) is 17.1. The summed E-state index contributed by atoms with van der Waals surface area (Å²) in [7, 11) is 0. The van der Waals surface area contributed by atoms with E-state index in [9.17, 15) is 9.59 Å². The molecule has 2 aromatic rings. The van der Waals surface area contributed by atoms with Crippen LogP contribution < -0.4 is 10.3 Å². The first-order valence-corrected chi connectivity index (χ1v) is 8.92. The summed E-state index contributed by atoms with van der Waals surface area (Å²) in [5, 5.41) is 5.35. The van der Waals surface area contributed by atoms with Crippen molar-refractivity contribution in [2.24, 2.45) is 11.0 Å². The Bertz CT molecular complexity index is 848. The molecule has 1 atom stereocenters. The van der Waals surface area contributed by atoms with Gasteiger partial charge in [-0.15, -0.1) is 0 Å². The molecule has 1 saturated heterocycles. The van der Waals surface area contributed by atoms with Crippen LogP contribution in [-0.4, -0.2) is 24.6 Å². The molecule has 134 valence electrons. The number of hydrogen-bond acceptors (Lipinski definition) is 3. The van der Waals surface area contributed by atoms with Crippen molar-refractivity contribution >= 4 is 58.5 Å². The lowest BCUT2D eigenvalue weighted by Crippen LogP contribution is -2.30. The molecule has 0 bridgehead atoms. The van der Waals surface area contributed by atoms with E-state index in [4.69, 9.17) is 34.8 Å². The predicted molar refractivity (Wildman–Crippen MR) is 104 cm³/mol. The van der Waals surface area contributed by atoms with Gasteiger partial charge in [0.1, 0.15) is 0 Å². The van der Waals surface area contributed by atoms with Crippen LogP contribution in [0.5, 0.6) is 0 Å². The largest absolute Gasteiger partial charge is 0.312 e. The maximum atomic E-state index is 12.3. The van der Waals surface area contributed by atoms with Crippen LogP contribution in [0.15, 0.2) is 47.6 Å². The molecule has 0 spiro atoms. The summed E-state index contributed by atoms with van der Waals surface area (Å²) in [6, 6.07) is 12.0. The summed E-state index contributed by atoms with van der Waals surface area (Å²) >= 11 is 17.9. The van der Waals surface area contributed by atoms with Gasteiger partial charge in [-0.1, -0.05) is 40.9 Å². The first-order valence-electron chi connectivity index (χ1n) is 7.78. The van der Waals surface area contributed by atoms with Crippen LogP contribution in [0.1, 0.15) is 12.0 Å². The Morgan fingerprint density at radius 3 is 2.42 bits per heavy atom. The minimum atomic E-state index is -0.489. The van der Waals surface area contributed by atoms with Crippen LogP contribution >= 0.6 is 34.8 Å². The third kappa shape index (κ3) is 4.18. The first-order chi connectivity index (χ1) is 12.5. The fourth-order valence-electron chi connectivity index (χ4n) is 2.64. The Balaban J connectivity index is 1.63. The van der Waals surface area contributed by atoms with Gasteiger partial charge in [0.2, 0.25) is 11.8 Å². The molecule has 26 heavy (non-hydrogen) atoms. The van der Waals surface area contributed by atoms with Crippen molar-refractivity contribution in [3.8, 4) is 0 Å². The number of carbonyl (C=O) groups is 2.